The molecule has 0 aromatic carbocycles. The summed E-state index contributed by atoms with van der Waals surface area (Å²) in [6.45, 7) is 2.81. The van der Waals surface area contributed by atoms with Crippen LogP contribution in [0, 0.1) is 11.3 Å². The summed E-state index contributed by atoms with van der Waals surface area (Å²) in [7, 11) is 1.63. The Morgan fingerprint density at radius 1 is 1.00 bits per heavy atom. The van der Waals surface area contributed by atoms with Crippen LogP contribution in [0.3, 0.4) is 0 Å². The molecule has 70 valence electrons. The maximum Gasteiger partial charge on any atom is 0.0701 e. The van der Waals surface area contributed by atoms with Gasteiger partial charge in [0.15, 0.2) is 0 Å². The fraction of sp³-hybridized carbons (Fsp3) is 0.875. The second-order valence-electron chi connectivity index (χ2n) is 2.13. The van der Waals surface area contributed by atoms with Gasteiger partial charge in [0.2, 0.25) is 0 Å². The van der Waals surface area contributed by atoms with Crippen LogP contribution < -0.4 is 0 Å². The Hall–Kier alpha value is -0.630. The van der Waals surface area contributed by atoms with Crippen LogP contribution in [0.25, 0.3) is 0 Å². The Bertz CT molecular complexity index is 122. The van der Waals surface area contributed by atoms with Gasteiger partial charge in [-0.05, 0) is 0 Å². The Kier molecular flexibility index (Phi) is 9.83. The van der Waals surface area contributed by atoms with Crippen molar-refractivity contribution in [1.29, 1.82) is 5.26 Å². The zero-order valence-corrected chi connectivity index (χ0v) is 7.41. The fourth-order valence-electron chi connectivity index (χ4n) is 0.582. The fourth-order valence-corrected chi connectivity index (χ4v) is 0.582. The van der Waals surface area contributed by atoms with Crippen LogP contribution in [0.15, 0.2) is 0 Å². The molecule has 0 aliphatic carbocycles. The molecule has 0 saturated heterocycles. The van der Waals surface area contributed by atoms with Crippen molar-refractivity contribution >= 4 is 0 Å². The molecule has 0 spiro atoms. The van der Waals surface area contributed by atoms with Gasteiger partial charge in [-0.25, -0.2) is 0 Å². The Labute approximate surface area is 73.0 Å². The van der Waals surface area contributed by atoms with E-state index in [9.17, 15) is 0 Å². The van der Waals surface area contributed by atoms with E-state index in [-0.39, 0.29) is 0 Å². The van der Waals surface area contributed by atoms with Gasteiger partial charge in [-0.1, -0.05) is 0 Å². The first-order valence-corrected chi connectivity index (χ1v) is 3.93. The van der Waals surface area contributed by atoms with Crippen molar-refractivity contribution in [3.63, 3.8) is 0 Å². The number of nitrogens with zero attached hydrogens (tertiary/aromatic N) is 1. The molecule has 0 heterocycles. The van der Waals surface area contributed by atoms with Gasteiger partial charge in [-0.2, -0.15) is 5.26 Å². The first-order valence-electron chi connectivity index (χ1n) is 3.93. The van der Waals surface area contributed by atoms with Crippen LogP contribution in [0.4, 0.5) is 0 Å². The average molecular weight is 173 g/mol. The maximum atomic E-state index is 8.16. The first kappa shape index (κ1) is 11.4. The summed E-state index contributed by atoms with van der Waals surface area (Å²) in [6.07, 6.45) is 0.443. The number of ether oxygens (including phenoxy) is 3. The van der Waals surface area contributed by atoms with E-state index >= 15 is 0 Å². The summed E-state index contributed by atoms with van der Waals surface area (Å²) in [5.41, 5.74) is 0. The SMILES string of the molecule is COCCOCCOCCC#N. The molecule has 4 nitrogen and oxygen atoms in total. The summed E-state index contributed by atoms with van der Waals surface area (Å²) in [6, 6.07) is 1.99. The van der Waals surface area contributed by atoms with Crippen LogP contribution in [0.1, 0.15) is 6.42 Å². The number of hydrogen-bond donors (Lipinski definition) is 0. The molecule has 0 aliphatic heterocycles. The molecule has 0 fully saturated rings. The highest BCUT2D eigenvalue weighted by atomic mass is 16.5. The van der Waals surface area contributed by atoms with E-state index in [0.29, 0.717) is 39.5 Å². The second-order valence-corrected chi connectivity index (χ2v) is 2.13. The lowest BCUT2D eigenvalue weighted by Crippen LogP contribution is -2.08. The molecule has 0 aromatic rings. The molecule has 0 N–H and O–H groups in total. The molecule has 12 heavy (non-hydrogen) atoms. The zero-order valence-electron chi connectivity index (χ0n) is 7.41. The topological polar surface area (TPSA) is 51.5 Å². The summed E-state index contributed by atoms with van der Waals surface area (Å²) in [5.74, 6) is 0. The molecule has 0 amide bonds. The van der Waals surface area contributed by atoms with Gasteiger partial charge in [-0.15, -0.1) is 0 Å². The zero-order chi connectivity index (χ0) is 9.07. The highest BCUT2D eigenvalue weighted by Gasteiger charge is 1.88. The van der Waals surface area contributed by atoms with Gasteiger partial charge in [0.25, 0.3) is 0 Å². The summed E-state index contributed by atoms with van der Waals surface area (Å²) in [4.78, 5) is 0. The smallest absolute Gasteiger partial charge is 0.0701 e. The van der Waals surface area contributed by atoms with Crippen molar-refractivity contribution in [3.8, 4) is 6.07 Å². The van der Waals surface area contributed by atoms with E-state index in [0.717, 1.165) is 0 Å². The number of hydrogen-bond acceptors (Lipinski definition) is 4. The summed E-state index contributed by atoms with van der Waals surface area (Å²) < 4.78 is 15.0. The summed E-state index contributed by atoms with van der Waals surface area (Å²) >= 11 is 0. The van der Waals surface area contributed by atoms with E-state index in [2.05, 4.69) is 0 Å². The molecule has 0 unspecified atom stereocenters. The van der Waals surface area contributed by atoms with Gasteiger partial charge in [0.05, 0.1) is 45.5 Å². The minimum Gasteiger partial charge on any atom is -0.382 e. The molecule has 0 saturated carbocycles. The minimum absolute atomic E-state index is 0.443. The van der Waals surface area contributed by atoms with Gasteiger partial charge in [0.1, 0.15) is 0 Å². The predicted octanol–water partition coefficient (Wildman–Crippen LogP) is 0.580. The van der Waals surface area contributed by atoms with Gasteiger partial charge >= 0.3 is 0 Å². The molecule has 4 heteroatoms. The second kappa shape index (κ2) is 10.4. The normalized spacial score (nSPS) is 9.67. The molecule has 0 aliphatic rings. The van der Waals surface area contributed by atoms with Gasteiger partial charge in [0, 0.05) is 7.11 Å². The van der Waals surface area contributed by atoms with Crippen molar-refractivity contribution in [1.82, 2.24) is 0 Å². The molecule has 0 atom stereocenters. The van der Waals surface area contributed by atoms with Crippen molar-refractivity contribution in [2.24, 2.45) is 0 Å². The van der Waals surface area contributed by atoms with Crippen LogP contribution in [-0.2, 0) is 14.2 Å². The van der Waals surface area contributed by atoms with E-state index in [1.807, 2.05) is 6.07 Å². The molecule has 0 rings (SSSR count). The lowest BCUT2D eigenvalue weighted by Gasteiger charge is -2.03. The van der Waals surface area contributed by atoms with Crippen molar-refractivity contribution < 1.29 is 14.2 Å². The maximum absolute atomic E-state index is 8.16. The van der Waals surface area contributed by atoms with E-state index in [1.54, 1.807) is 7.11 Å². The van der Waals surface area contributed by atoms with Crippen molar-refractivity contribution in [2.75, 3.05) is 40.1 Å². The monoisotopic (exact) mass is 173 g/mol. The third-order valence-electron chi connectivity index (χ3n) is 1.16. The Balaban J connectivity index is 2.78. The lowest BCUT2D eigenvalue weighted by atomic mass is 10.5. The van der Waals surface area contributed by atoms with E-state index < -0.39 is 0 Å². The highest BCUT2D eigenvalue weighted by Crippen LogP contribution is 1.81. The standard InChI is InChI=1S/C8H15NO3/c1-10-5-6-12-8-7-11-4-2-3-9/h2,4-8H2,1H3. The highest BCUT2D eigenvalue weighted by molar-refractivity contribution is 4.66. The number of rotatable bonds is 8. The van der Waals surface area contributed by atoms with Crippen LogP contribution >= 0.6 is 0 Å². The predicted molar refractivity (Wildman–Crippen MR) is 43.7 cm³/mol. The van der Waals surface area contributed by atoms with Crippen molar-refractivity contribution in [2.45, 2.75) is 6.42 Å². The minimum atomic E-state index is 0.443. The third kappa shape index (κ3) is 9.37. The van der Waals surface area contributed by atoms with Gasteiger partial charge < -0.3 is 14.2 Å². The Morgan fingerprint density at radius 2 is 1.58 bits per heavy atom. The van der Waals surface area contributed by atoms with Crippen LogP contribution in [0.2, 0.25) is 0 Å². The number of nitriles is 1. The molecule has 0 aromatic heterocycles. The lowest BCUT2D eigenvalue weighted by molar-refractivity contribution is 0.0261. The molecular formula is C8H15NO3. The van der Waals surface area contributed by atoms with Crippen molar-refractivity contribution in [3.05, 3.63) is 0 Å². The molecular weight excluding hydrogens is 158 g/mol. The summed E-state index contributed by atoms with van der Waals surface area (Å²) in [5, 5.41) is 8.16. The first-order chi connectivity index (χ1) is 5.91. The van der Waals surface area contributed by atoms with E-state index in [1.165, 1.54) is 0 Å². The third-order valence-corrected chi connectivity index (χ3v) is 1.16. The number of methoxy groups -OCH3 is 1. The Morgan fingerprint density at radius 3 is 2.17 bits per heavy atom. The largest absolute Gasteiger partial charge is 0.382 e. The quantitative estimate of drug-likeness (QED) is 0.504. The van der Waals surface area contributed by atoms with Crippen LogP contribution in [-0.4, -0.2) is 40.1 Å². The van der Waals surface area contributed by atoms with Crippen LogP contribution in [0.5, 0.6) is 0 Å². The molecule has 0 bridgehead atoms. The van der Waals surface area contributed by atoms with E-state index in [4.69, 9.17) is 19.5 Å². The molecule has 0 radical (unpaired) electrons. The van der Waals surface area contributed by atoms with Gasteiger partial charge in [-0.3, -0.25) is 0 Å². The average Bonchev–Trinajstić information content (AvgIpc) is 2.10.